The van der Waals surface area contributed by atoms with E-state index in [1.165, 1.54) is 10.8 Å². The summed E-state index contributed by atoms with van der Waals surface area (Å²) in [6, 6.07) is 14.5. The monoisotopic (exact) mass is 407 g/mol. The number of rotatable bonds is 4. The highest BCUT2D eigenvalue weighted by Gasteiger charge is 2.13. The number of fused-ring (bicyclic) bond motifs is 1. The van der Waals surface area contributed by atoms with Gasteiger partial charge in [-0.1, -0.05) is 35.4 Å². The summed E-state index contributed by atoms with van der Waals surface area (Å²) < 4.78 is 2.55. The van der Waals surface area contributed by atoms with E-state index in [0.717, 1.165) is 21.4 Å². The van der Waals surface area contributed by atoms with Crippen LogP contribution in [0.2, 0.25) is 5.02 Å². The van der Waals surface area contributed by atoms with Crippen LogP contribution in [-0.2, 0) is 11.3 Å². The Labute approximate surface area is 171 Å². The zero-order chi connectivity index (χ0) is 20.5. The minimum Gasteiger partial charge on any atom is -0.324 e. The molecule has 2 heterocycles. The zero-order valence-electron chi connectivity index (χ0n) is 15.9. The van der Waals surface area contributed by atoms with Gasteiger partial charge in [0, 0.05) is 16.3 Å². The molecule has 0 unspecified atom stereocenters. The van der Waals surface area contributed by atoms with Crippen molar-refractivity contribution in [2.75, 3.05) is 5.32 Å². The molecular formula is C21H18ClN5O2. The van der Waals surface area contributed by atoms with Gasteiger partial charge in [0.05, 0.1) is 5.69 Å². The lowest BCUT2D eigenvalue weighted by atomic mass is 10.0. The highest BCUT2D eigenvalue weighted by molar-refractivity contribution is 6.30. The SMILES string of the molecule is Cc1ccc(-c2cc3c(=O)n(CC(=O)Nc4ccc(Cl)cc4)ncn3n2)c(C)c1. The Hall–Kier alpha value is -3.45. The maximum absolute atomic E-state index is 12.8. The smallest absolute Gasteiger partial charge is 0.293 e. The number of carbonyl (C=O) groups is 1. The molecule has 0 fully saturated rings. The third-order valence-corrected chi connectivity index (χ3v) is 4.82. The fraction of sp³-hybridized carbons (Fsp3) is 0.143. The van der Waals surface area contributed by atoms with E-state index in [1.54, 1.807) is 30.3 Å². The number of amides is 1. The Morgan fingerprint density at radius 2 is 1.86 bits per heavy atom. The number of anilines is 1. The molecule has 1 N–H and O–H groups in total. The molecule has 7 nitrogen and oxygen atoms in total. The molecule has 4 rings (SSSR count). The van der Waals surface area contributed by atoms with Gasteiger partial charge in [0.2, 0.25) is 5.91 Å². The van der Waals surface area contributed by atoms with E-state index in [-0.39, 0.29) is 18.0 Å². The molecule has 8 heteroatoms. The normalized spacial score (nSPS) is 11.0. The van der Waals surface area contributed by atoms with Crippen LogP contribution < -0.4 is 10.9 Å². The van der Waals surface area contributed by atoms with Crippen LogP contribution in [0.1, 0.15) is 11.1 Å². The Morgan fingerprint density at radius 3 is 2.59 bits per heavy atom. The molecule has 0 atom stereocenters. The van der Waals surface area contributed by atoms with Crippen molar-refractivity contribution in [3.8, 4) is 11.3 Å². The largest absolute Gasteiger partial charge is 0.324 e. The second kappa shape index (κ2) is 7.52. The van der Waals surface area contributed by atoms with Gasteiger partial charge in [0.25, 0.3) is 5.56 Å². The van der Waals surface area contributed by atoms with E-state index < -0.39 is 0 Å². The number of carbonyl (C=O) groups excluding carboxylic acids is 1. The van der Waals surface area contributed by atoms with Crippen molar-refractivity contribution in [1.29, 1.82) is 0 Å². The lowest BCUT2D eigenvalue weighted by Gasteiger charge is -2.06. The topological polar surface area (TPSA) is 81.3 Å². The highest BCUT2D eigenvalue weighted by Crippen LogP contribution is 2.23. The number of aromatic nitrogens is 4. The van der Waals surface area contributed by atoms with Gasteiger partial charge < -0.3 is 5.32 Å². The molecule has 0 spiro atoms. The first-order chi connectivity index (χ1) is 13.9. The van der Waals surface area contributed by atoms with Gasteiger partial charge in [0.1, 0.15) is 18.4 Å². The molecule has 4 aromatic rings. The number of halogens is 1. The molecular weight excluding hydrogens is 390 g/mol. The summed E-state index contributed by atoms with van der Waals surface area (Å²) in [5, 5.41) is 11.8. The highest BCUT2D eigenvalue weighted by atomic mass is 35.5. The first kappa shape index (κ1) is 18.9. The Kier molecular flexibility index (Phi) is 4.90. The molecule has 2 aromatic heterocycles. The third-order valence-electron chi connectivity index (χ3n) is 4.57. The van der Waals surface area contributed by atoms with Crippen molar-refractivity contribution in [2.24, 2.45) is 0 Å². The Morgan fingerprint density at radius 1 is 1.10 bits per heavy atom. The maximum Gasteiger partial charge on any atom is 0.293 e. The molecule has 0 saturated carbocycles. The molecule has 0 aliphatic carbocycles. The van der Waals surface area contributed by atoms with Gasteiger partial charge in [0.15, 0.2) is 0 Å². The number of nitrogens with one attached hydrogen (secondary N) is 1. The van der Waals surface area contributed by atoms with Crippen molar-refractivity contribution in [1.82, 2.24) is 19.4 Å². The van der Waals surface area contributed by atoms with Crippen molar-refractivity contribution in [3.63, 3.8) is 0 Å². The van der Waals surface area contributed by atoms with E-state index in [9.17, 15) is 9.59 Å². The predicted octanol–water partition coefficient (Wildman–Crippen LogP) is 3.47. The van der Waals surface area contributed by atoms with E-state index in [2.05, 4.69) is 21.6 Å². The molecule has 0 radical (unpaired) electrons. The van der Waals surface area contributed by atoms with Crippen molar-refractivity contribution >= 4 is 28.7 Å². The predicted molar refractivity (Wildman–Crippen MR) is 112 cm³/mol. The van der Waals surface area contributed by atoms with Crippen LogP contribution in [0.25, 0.3) is 16.8 Å². The Balaban J connectivity index is 1.61. The van der Waals surface area contributed by atoms with Crippen molar-refractivity contribution < 1.29 is 4.79 Å². The van der Waals surface area contributed by atoms with Crippen LogP contribution >= 0.6 is 11.6 Å². The second-order valence-electron chi connectivity index (χ2n) is 6.83. The molecule has 1 amide bonds. The van der Waals surface area contributed by atoms with Gasteiger partial charge in [-0.3, -0.25) is 9.59 Å². The summed E-state index contributed by atoms with van der Waals surface area (Å²) in [5.74, 6) is -0.361. The molecule has 0 bridgehead atoms. The van der Waals surface area contributed by atoms with Crippen LogP contribution in [0.3, 0.4) is 0 Å². The van der Waals surface area contributed by atoms with E-state index in [1.807, 2.05) is 26.0 Å². The summed E-state index contributed by atoms with van der Waals surface area (Å²) in [7, 11) is 0. The van der Waals surface area contributed by atoms with Crippen LogP contribution in [0.4, 0.5) is 5.69 Å². The fourth-order valence-electron chi connectivity index (χ4n) is 3.15. The average molecular weight is 408 g/mol. The van der Waals surface area contributed by atoms with E-state index in [0.29, 0.717) is 21.9 Å². The first-order valence-electron chi connectivity index (χ1n) is 8.99. The van der Waals surface area contributed by atoms with Gasteiger partial charge >= 0.3 is 0 Å². The molecule has 0 aliphatic rings. The number of hydrogen-bond donors (Lipinski definition) is 1. The zero-order valence-corrected chi connectivity index (χ0v) is 16.6. The van der Waals surface area contributed by atoms with Gasteiger partial charge in [-0.25, -0.2) is 9.20 Å². The molecule has 0 aliphatic heterocycles. The van der Waals surface area contributed by atoms with E-state index in [4.69, 9.17) is 11.6 Å². The molecule has 0 saturated heterocycles. The quantitative estimate of drug-likeness (QED) is 0.561. The minimum atomic E-state index is -0.387. The van der Waals surface area contributed by atoms with Crippen LogP contribution in [-0.4, -0.2) is 25.3 Å². The summed E-state index contributed by atoms with van der Waals surface area (Å²) in [6.45, 7) is 3.82. The maximum atomic E-state index is 12.8. The minimum absolute atomic E-state index is 0.206. The second-order valence-corrected chi connectivity index (χ2v) is 7.26. The van der Waals surface area contributed by atoms with Crippen LogP contribution in [0.15, 0.2) is 59.7 Å². The molecule has 2 aromatic carbocycles. The van der Waals surface area contributed by atoms with Crippen LogP contribution in [0.5, 0.6) is 0 Å². The first-order valence-corrected chi connectivity index (χ1v) is 9.37. The number of aryl methyl sites for hydroxylation is 2. The average Bonchev–Trinajstić information content (AvgIpc) is 3.11. The lowest BCUT2D eigenvalue weighted by Crippen LogP contribution is -2.30. The van der Waals surface area contributed by atoms with Crippen LogP contribution in [0, 0.1) is 13.8 Å². The van der Waals surface area contributed by atoms with Crippen molar-refractivity contribution in [3.05, 3.63) is 81.4 Å². The third kappa shape index (κ3) is 3.90. The van der Waals surface area contributed by atoms with Crippen molar-refractivity contribution in [2.45, 2.75) is 20.4 Å². The fourth-order valence-corrected chi connectivity index (χ4v) is 3.28. The summed E-state index contributed by atoms with van der Waals surface area (Å²) >= 11 is 5.84. The standard InChI is InChI=1S/C21H18ClN5O2/c1-13-3-8-17(14(2)9-13)18-10-19-21(29)26(23-12-27(19)25-18)11-20(28)24-16-6-4-15(22)5-7-16/h3-10,12H,11H2,1-2H3,(H,24,28). The van der Waals surface area contributed by atoms with Gasteiger partial charge in [-0.15, -0.1) is 0 Å². The Bertz CT molecular complexity index is 1270. The molecule has 29 heavy (non-hydrogen) atoms. The number of benzene rings is 2. The van der Waals surface area contributed by atoms with E-state index >= 15 is 0 Å². The molecule has 146 valence electrons. The number of hydrogen-bond acceptors (Lipinski definition) is 4. The summed E-state index contributed by atoms with van der Waals surface area (Å²) in [4.78, 5) is 25.1. The summed E-state index contributed by atoms with van der Waals surface area (Å²) in [6.07, 6.45) is 1.43. The number of nitrogens with zero attached hydrogens (tertiary/aromatic N) is 4. The van der Waals surface area contributed by atoms with Gasteiger partial charge in [-0.2, -0.15) is 10.2 Å². The summed E-state index contributed by atoms with van der Waals surface area (Å²) in [5.41, 5.74) is 4.43. The lowest BCUT2D eigenvalue weighted by molar-refractivity contribution is -0.117. The van der Waals surface area contributed by atoms with Gasteiger partial charge in [-0.05, 0) is 49.7 Å².